The number of nitrogens with zero attached hydrogens (tertiary/aromatic N) is 1. The zero-order valence-corrected chi connectivity index (χ0v) is 15.4. The number of anilines is 1. The molecule has 2 aromatic rings. The van der Waals surface area contributed by atoms with Crippen LogP contribution >= 0.6 is 23.4 Å². The molecular formula is C17H20ClN3O2S. The van der Waals surface area contributed by atoms with E-state index in [2.05, 4.69) is 15.3 Å². The number of aromatic amines is 1. The second-order valence-corrected chi connectivity index (χ2v) is 6.91. The van der Waals surface area contributed by atoms with Crippen molar-refractivity contribution >= 4 is 35.0 Å². The molecule has 0 radical (unpaired) electrons. The van der Waals surface area contributed by atoms with Crippen molar-refractivity contribution in [3.05, 3.63) is 50.9 Å². The van der Waals surface area contributed by atoms with Crippen molar-refractivity contribution in [2.75, 3.05) is 5.32 Å². The minimum Gasteiger partial charge on any atom is -0.325 e. The predicted molar refractivity (Wildman–Crippen MR) is 99.0 cm³/mol. The molecule has 1 aromatic heterocycles. The standard InChI is InChI=1S/C17H20ClN3O2S/c1-4-11-9-15(22)21-17(19-11)24-14(5-2)16(23)20-13-8-6-7-12(18)10(13)3/h6-9,14H,4-5H2,1-3H3,(H,20,23)(H,19,21,22). The average Bonchev–Trinajstić information content (AvgIpc) is 2.56. The molecule has 0 saturated heterocycles. The SMILES string of the molecule is CCc1cc(=O)[nH]c(SC(CC)C(=O)Nc2cccc(Cl)c2C)n1. The van der Waals surface area contributed by atoms with Crippen molar-refractivity contribution in [3.63, 3.8) is 0 Å². The Morgan fingerprint density at radius 1 is 1.42 bits per heavy atom. The lowest BCUT2D eigenvalue weighted by molar-refractivity contribution is -0.115. The van der Waals surface area contributed by atoms with Crippen molar-refractivity contribution < 1.29 is 4.79 Å². The molecule has 2 N–H and O–H groups in total. The van der Waals surface area contributed by atoms with E-state index in [0.29, 0.717) is 34.4 Å². The number of carbonyl (C=O) groups is 1. The fraction of sp³-hybridized carbons (Fsp3) is 0.353. The Morgan fingerprint density at radius 2 is 2.17 bits per heavy atom. The molecule has 0 aliphatic carbocycles. The summed E-state index contributed by atoms with van der Waals surface area (Å²) in [6.07, 6.45) is 1.28. The first kappa shape index (κ1) is 18.5. The van der Waals surface area contributed by atoms with E-state index < -0.39 is 0 Å². The van der Waals surface area contributed by atoms with E-state index in [0.717, 1.165) is 5.56 Å². The van der Waals surface area contributed by atoms with E-state index in [4.69, 9.17) is 11.6 Å². The first-order chi connectivity index (χ1) is 11.4. The zero-order chi connectivity index (χ0) is 17.7. The Morgan fingerprint density at radius 3 is 2.83 bits per heavy atom. The van der Waals surface area contributed by atoms with Crippen LogP contribution in [-0.4, -0.2) is 21.1 Å². The van der Waals surface area contributed by atoms with Crippen molar-refractivity contribution in [2.45, 2.75) is 44.0 Å². The third-order valence-electron chi connectivity index (χ3n) is 3.58. The summed E-state index contributed by atoms with van der Waals surface area (Å²) in [6.45, 7) is 5.71. The summed E-state index contributed by atoms with van der Waals surface area (Å²) in [4.78, 5) is 31.3. The number of benzene rings is 1. The molecule has 0 saturated carbocycles. The highest BCUT2D eigenvalue weighted by Gasteiger charge is 2.20. The molecule has 0 fully saturated rings. The summed E-state index contributed by atoms with van der Waals surface area (Å²) in [5, 5.41) is 3.61. The van der Waals surface area contributed by atoms with Crippen LogP contribution in [0.15, 0.2) is 34.2 Å². The van der Waals surface area contributed by atoms with Gasteiger partial charge >= 0.3 is 0 Å². The van der Waals surface area contributed by atoms with Crippen molar-refractivity contribution in [2.24, 2.45) is 0 Å². The first-order valence-electron chi connectivity index (χ1n) is 7.77. The van der Waals surface area contributed by atoms with Crippen LogP contribution in [0, 0.1) is 6.92 Å². The Hall–Kier alpha value is -1.79. The number of rotatable bonds is 6. The molecule has 5 nitrogen and oxygen atoms in total. The Bertz CT molecular complexity index is 792. The number of aromatic nitrogens is 2. The van der Waals surface area contributed by atoms with Gasteiger partial charge in [-0.2, -0.15) is 0 Å². The molecule has 0 aliphatic rings. The first-order valence-corrected chi connectivity index (χ1v) is 9.03. The van der Waals surface area contributed by atoms with Gasteiger partial charge in [-0.15, -0.1) is 0 Å². The van der Waals surface area contributed by atoms with Crippen LogP contribution in [0.3, 0.4) is 0 Å². The van der Waals surface area contributed by atoms with Gasteiger partial charge in [-0.05, 0) is 37.5 Å². The quantitative estimate of drug-likeness (QED) is 0.603. The summed E-state index contributed by atoms with van der Waals surface area (Å²) in [5.74, 6) is -0.141. The maximum Gasteiger partial charge on any atom is 0.251 e. The largest absolute Gasteiger partial charge is 0.325 e. The second kappa shape index (κ2) is 8.35. The van der Waals surface area contributed by atoms with Gasteiger partial charge in [-0.1, -0.05) is 43.3 Å². The topological polar surface area (TPSA) is 74.8 Å². The highest BCUT2D eigenvalue weighted by molar-refractivity contribution is 8.00. The Labute approximate surface area is 150 Å². The van der Waals surface area contributed by atoms with Crippen LogP contribution in [0.1, 0.15) is 31.5 Å². The van der Waals surface area contributed by atoms with Gasteiger partial charge in [-0.3, -0.25) is 9.59 Å². The minimum absolute atomic E-state index is 0.141. The molecule has 1 heterocycles. The lowest BCUT2D eigenvalue weighted by atomic mass is 10.2. The van der Waals surface area contributed by atoms with Gasteiger partial charge < -0.3 is 10.3 Å². The molecule has 1 atom stereocenters. The molecule has 1 unspecified atom stereocenters. The number of H-pyrrole nitrogens is 1. The van der Waals surface area contributed by atoms with Crippen molar-refractivity contribution in [3.8, 4) is 0 Å². The summed E-state index contributed by atoms with van der Waals surface area (Å²) in [5.41, 5.74) is 2.02. The summed E-state index contributed by atoms with van der Waals surface area (Å²) >= 11 is 7.34. The lowest BCUT2D eigenvalue weighted by Gasteiger charge is -2.16. The van der Waals surface area contributed by atoms with Gasteiger partial charge in [0.05, 0.1) is 5.25 Å². The third-order valence-corrected chi connectivity index (χ3v) is 5.24. The Balaban J connectivity index is 2.16. The van der Waals surface area contributed by atoms with Crippen LogP contribution in [0.4, 0.5) is 5.69 Å². The number of hydrogen-bond acceptors (Lipinski definition) is 4. The number of aryl methyl sites for hydroxylation is 1. The van der Waals surface area contributed by atoms with Crippen LogP contribution in [0.25, 0.3) is 0 Å². The van der Waals surface area contributed by atoms with Gasteiger partial charge in [0.25, 0.3) is 5.56 Å². The fourth-order valence-corrected chi connectivity index (χ4v) is 3.24. The van der Waals surface area contributed by atoms with Gasteiger partial charge in [0, 0.05) is 22.5 Å². The van der Waals surface area contributed by atoms with E-state index in [1.54, 1.807) is 12.1 Å². The molecule has 1 amide bonds. The van der Waals surface area contributed by atoms with Gasteiger partial charge in [-0.25, -0.2) is 4.98 Å². The number of thioether (sulfide) groups is 1. The molecule has 2 rings (SSSR count). The molecule has 128 valence electrons. The van der Waals surface area contributed by atoms with E-state index in [1.807, 2.05) is 26.8 Å². The van der Waals surface area contributed by atoms with E-state index in [-0.39, 0.29) is 16.7 Å². The smallest absolute Gasteiger partial charge is 0.251 e. The van der Waals surface area contributed by atoms with Gasteiger partial charge in [0.2, 0.25) is 5.91 Å². The summed E-state index contributed by atoms with van der Waals surface area (Å²) in [6, 6.07) is 6.86. The minimum atomic E-state index is -0.362. The molecule has 24 heavy (non-hydrogen) atoms. The second-order valence-electron chi connectivity index (χ2n) is 5.31. The molecule has 0 spiro atoms. The number of amides is 1. The Kier molecular flexibility index (Phi) is 6.45. The maximum atomic E-state index is 12.6. The van der Waals surface area contributed by atoms with Crippen LogP contribution < -0.4 is 10.9 Å². The van der Waals surface area contributed by atoms with Gasteiger partial charge in [0.1, 0.15) is 0 Å². The molecule has 0 bridgehead atoms. The van der Waals surface area contributed by atoms with Crippen molar-refractivity contribution in [1.82, 2.24) is 9.97 Å². The molecular weight excluding hydrogens is 346 g/mol. The van der Waals surface area contributed by atoms with Crippen LogP contribution in [-0.2, 0) is 11.2 Å². The maximum absolute atomic E-state index is 12.6. The van der Waals surface area contributed by atoms with Crippen molar-refractivity contribution in [1.29, 1.82) is 0 Å². The number of halogens is 1. The fourth-order valence-electron chi connectivity index (χ4n) is 2.13. The third kappa shape index (κ3) is 4.61. The monoisotopic (exact) mass is 365 g/mol. The average molecular weight is 366 g/mol. The summed E-state index contributed by atoms with van der Waals surface area (Å²) in [7, 11) is 0. The van der Waals surface area contributed by atoms with E-state index in [1.165, 1.54) is 17.8 Å². The predicted octanol–water partition coefficient (Wildman–Crippen LogP) is 3.80. The zero-order valence-electron chi connectivity index (χ0n) is 13.9. The number of hydrogen-bond donors (Lipinski definition) is 2. The summed E-state index contributed by atoms with van der Waals surface area (Å²) < 4.78 is 0. The molecule has 7 heteroatoms. The highest BCUT2D eigenvalue weighted by Crippen LogP contribution is 2.26. The lowest BCUT2D eigenvalue weighted by Crippen LogP contribution is -2.25. The van der Waals surface area contributed by atoms with Crippen LogP contribution in [0.5, 0.6) is 0 Å². The highest BCUT2D eigenvalue weighted by atomic mass is 35.5. The number of carbonyl (C=O) groups excluding carboxylic acids is 1. The molecule has 0 aliphatic heterocycles. The van der Waals surface area contributed by atoms with Crippen LogP contribution in [0.2, 0.25) is 5.02 Å². The number of nitrogens with one attached hydrogen (secondary N) is 2. The van der Waals surface area contributed by atoms with E-state index in [9.17, 15) is 9.59 Å². The van der Waals surface area contributed by atoms with E-state index >= 15 is 0 Å². The normalized spacial score (nSPS) is 12.0. The molecule has 1 aromatic carbocycles. The van der Waals surface area contributed by atoms with Gasteiger partial charge in [0.15, 0.2) is 5.16 Å².